The van der Waals surface area contributed by atoms with Crippen LogP contribution in [0.5, 0.6) is 0 Å². The summed E-state index contributed by atoms with van der Waals surface area (Å²) in [5, 5.41) is 10.7. The van der Waals surface area contributed by atoms with E-state index in [-0.39, 0.29) is 22.2 Å². The van der Waals surface area contributed by atoms with Gasteiger partial charge in [0.25, 0.3) is 12.3 Å². The number of amides is 1. The zero-order chi connectivity index (χ0) is 33.2. The standard InChI is InChI=1S/C18H12Cl2F3N3O.C14H22N2O2S/c1-26-8-12(16(25-26)17(22)23)18(27)24-15-5-3-10(21)7-11(15)9-2-4-13(19)14(20)6-9;1-2-3-4-5-6-7-10-18-14(17)13-12(11-8-9-11)15-16-19-13/h2-8,17H,1H3,(H,24,27);11H,2-10H2,1H3. The fourth-order valence-corrected chi connectivity index (χ4v) is 5.58. The number of aryl methyl sites for hydroxylation is 1. The van der Waals surface area contributed by atoms with E-state index in [4.69, 9.17) is 27.9 Å². The van der Waals surface area contributed by atoms with Crippen LogP contribution in [0.2, 0.25) is 10.0 Å². The molecule has 0 atom stereocenters. The van der Waals surface area contributed by atoms with E-state index in [0.29, 0.717) is 33.6 Å². The van der Waals surface area contributed by atoms with Gasteiger partial charge >= 0.3 is 5.97 Å². The number of anilines is 1. The average molecular weight is 697 g/mol. The summed E-state index contributed by atoms with van der Waals surface area (Å²) >= 11 is 13.1. The molecule has 46 heavy (non-hydrogen) atoms. The molecule has 0 unspecified atom stereocenters. The molecule has 246 valence electrons. The van der Waals surface area contributed by atoms with Gasteiger partial charge in [-0.25, -0.2) is 18.0 Å². The fourth-order valence-electron chi connectivity index (χ4n) is 4.64. The summed E-state index contributed by atoms with van der Waals surface area (Å²) in [6.07, 6.45) is 7.73. The van der Waals surface area contributed by atoms with Crippen LogP contribution in [-0.4, -0.2) is 37.9 Å². The van der Waals surface area contributed by atoms with Gasteiger partial charge in [0.1, 0.15) is 11.5 Å². The minimum atomic E-state index is -2.91. The summed E-state index contributed by atoms with van der Waals surface area (Å²) in [6.45, 7) is 2.73. The molecule has 1 aliphatic carbocycles. The summed E-state index contributed by atoms with van der Waals surface area (Å²) in [5.41, 5.74) is 1.01. The molecule has 4 aromatic rings. The summed E-state index contributed by atoms with van der Waals surface area (Å²) in [6, 6.07) is 8.34. The molecule has 14 heteroatoms. The van der Waals surface area contributed by atoms with Gasteiger partial charge in [-0.15, -0.1) is 5.10 Å². The number of hydrogen-bond acceptors (Lipinski definition) is 7. The van der Waals surface area contributed by atoms with Gasteiger partial charge in [-0.05, 0) is 66.7 Å². The van der Waals surface area contributed by atoms with E-state index in [1.807, 2.05) is 0 Å². The molecule has 2 aromatic heterocycles. The third-order valence-corrected chi connectivity index (χ3v) is 8.62. The van der Waals surface area contributed by atoms with Crippen molar-refractivity contribution in [2.45, 2.75) is 70.6 Å². The Labute approximate surface area is 279 Å². The Morgan fingerprint density at radius 3 is 2.50 bits per heavy atom. The Hall–Kier alpha value is -3.48. The molecule has 0 saturated heterocycles. The van der Waals surface area contributed by atoms with E-state index in [1.165, 1.54) is 74.7 Å². The molecule has 0 bridgehead atoms. The van der Waals surface area contributed by atoms with Crippen LogP contribution in [0, 0.1) is 5.82 Å². The van der Waals surface area contributed by atoms with E-state index in [0.717, 1.165) is 42.1 Å². The van der Waals surface area contributed by atoms with Gasteiger partial charge in [-0.3, -0.25) is 9.48 Å². The number of carbonyl (C=O) groups is 2. The molecule has 1 aliphatic rings. The van der Waals surface area contributed by atoms with Crippen molar-refractivity contribution >= 4 is 52.3 Å². The van der Waals surface area contributed by atoms with Crippen LogP contribution in [-0.2, 0) is 11.8 Å². The number of nitrogens with zero attached hydrogens (tertiary/aromatic N) is 4. The number of benzene rings is 2. The summed E-state index contributed by atoms with van der Waals surface area (Å²) in [7, 11) is 1.43. The van der Waals surface area contributed by atoms with Gasteiger partial charge in [0.05, 0.1) is 27.9 Å². The lowest BCUT2D eigenvalue weighted by molar-refractivity contribution is 0.0501. The SMILES string of the molecule is CCCCCCCCOC(=O)c1snnc1C1CC1.Cn1cc(C(=O)Nc2ccc(F)cc2-c2ccc(Cl)c(Cl)c2)c(C(F)F)n1. The van der Waals surface area contributed by atoms with Crippen molar-refractivity contribution in [3.63, 3.8) is 0 Å². The normalized spacial score (nSPS) is 12.5. The van der Waals surface area contributed by atoms with Gasteiger partial charge < -0.3 is 10.1 Å². The van der Waals surface area contributed by atoms with Crippen LogP contribution < -0.4 is 5.32 Å². The topological polar surface area (TPSA) is 99.0 Å². The molecule has 5 rings (SSSR count). The van der Waals surface area contributed by atoms with E-state index < -0.39 is 23.8 Å². The van der Waals surface area contributed by atoms with Gasteiger partial charge in [-0.1, -0.05) is 72.8 Å². The molecular weight excluding hydrogens is 662 g/mol. The van der Waals surface area contributed by atoms with Crippen LogP contribution in [0.4, 0.5) is 18.9 Å². The Balaban J connectivity index is 0.000000222. The minimum Gasteiger partial charge on any atom is -0.461 e. The molecule has 0 radical (unpaired) electrons. The number of halogens is 5. The quantitative estimate of drug-likeness (QED) is 0.110. The maximum Gasteiger partial charge on any atom is 0.351 e. The predicted octanol–water partition coefficient (Wildman–Crippen LogP) is 9.66. The van der Waals surface area contributed by atoms with E-state index in [9.17, 15) is 22.8 Å². The molecule has 2 heterocycles. The van der Waals surface area contributed by atoms with Gasteiger partial charge in [-0.2, -0.15) is 5.10 Å². The molecule has 0 spiro atoms. The third-order valence-electron chi connectivity index (χ3n) is 7.16. The molecule has 1 saturated carbocycles. The fraction of sp³-hybridized carbons (Fsp3) is 0.406. The molecule has 1 fully saturated rings. The highest BCUT2D eigenvalue weighted by molar-refractivity contribution is 7.07. The first kappa shape index (κ1) is 35.4. The Bertz CT molecular complexity index is 1640. The number of esters is 1. The number of unbranched alkanes of at least 4 members (excludes halogenated alkanes) is 5. The van der Waals surface area contributed by atoms with Crippen LogP contribution in [0.3, 0.4) is 0 Å². The first-order valence-electron chi connectivity index (χ1n) is 15.0. The summed E-state index contributed by atoms with van der Waals surface area (Å²) in [4.78, 5) is 25.0. The van der Waals surface area contributed by atoms with E-state index in [2.05, 4.69) is 26.9 Å². The van der Waals surface area contributed by atoms with Gasteiger partial charge in [0.2, 0.25) is 0 Å². The number of carbonyl (C=O) groups excluding carboxylic acids is 2. The van der Waals surface area contributed by atoms with Crippen LogP contribution >= 0.6 is 34.7 Å². The molecule has 8 nitrogen and oxygen atoms in total. The van der Waals surface area contributed by atoms with Crippen molar-refractivity contribution in [1.82, 2.24) is 19.4 Å². The maximum atomic E-state index is 13.8. The van der Waals surface area contributed by atoms with E-state index >= 15 is 0 Å². The number of rotatable bonds is 13. The molecule has 2 aromatic carbocycles. The monoisotopic (exact) mass is 695 g/mol. The first-order chi connectivity index (χ1) is 22.1. The van der Waals surface area contributed by atoms with Crippen molar-refractivity contribution in [1.29, 1.82) is 0 Å². The largest absolute Gasteiger partial charge is 0.461 e. The minimum absolute atomic E-state index is 0.226. The number of ether oxygens (including phenoxy) is 1. The second-order valence-electron chi connectivity index (χ2n) is 10.8. The maximum absolute atomic E-state index is 13.8. The Kier molecular flexibility index (Phi) is 13.0. The van der Waals surface area contributed by atoms with Crippen LogP contribution in [0.25, 0.3) is 11.1 Å². The number of aromatic nitrogens is 4. The van der Waals surface area contributed by atoms with Crippen molar-refractivity contribution in [3.05, 3.63) is 80.3 Å². The zero-order valence-corrected chi connectivity index (χ0v) is 27.7. The Morgan fingerprint density at radius 2 is 1.80 bits per heavy atom. The predicted molar refractivity (Wildman–Crippen MR) is 174 cm³/mol. The molecular formula is C32H34Cl2F3N5O3S. The lowest BCUT2D eigenvalue weighted by Gasteiger charge is -2.12. The molecule has 1 amide bonds. The van der Waals surface area contributed by atoms with Gasteiger partial charge in [0.15, 0.2) is 4.88 Å². The second-order valence-corrected chi connectivity index (χ2v) is 12.4. The summed E-state index contributed by atoms with van der Waals surface area (Å²) in [5.74, 6) is -1.10. The summed E-state index contributed by atoms with van der Waals surface area (Å²) < 4.78 is 50.2. The lowest BCUT2D eigenvalue weighted by Crippen LogP contribution is -2.14. The van der Waals surface area contributed by atoms with Gasteiger partial charge in [0, 0.05) is 30.4 Å². The highest BCUT2D eigenvalue weighted by Crippen LogP contribution is 2.41. The molecule has 0 aliphatic heterocycles. The van der Waals surface area contributed by atoms with E-state index in [1.54, 1.807) is 6.07 Å². The van der Waals surface area contributed by atoms with Crippen LogP contribution in [0.1, 0.15) is 102 Å². The first-order valence-corrected chi connectivity index (χ1v) is 16.5. The number of hydrogen-bond donors (Lipinski definition) is 1. The number of alkyl halides is 2. The van der Waals surface area contributed by atoms with Crippen molar-refractivity contribution < 1.29 is 27.5 Å². The lowest BCUT2D eigenvalue weighted by atomic mass is 10.0. The zero-order valence-electron chi connectivity index (χ0n) is 25.4. The average Bonchev–Trinajstić information content (AvgIpc) is 3.60. The van der Waals surface area contributed by atoms with Crippen LogP contribution in [0.15, 0.2) is 42.6 Å². The van der Waals surface area contributed by atoms with Crippen molar-refractivity contribution in [3.8, 4) is 11.1 Å². The molecule has 1 N–H and O–H groups in total. The Morgan fingerprint density at radius 1 is 1.07 bits per heavy atom. The highest BCUT2D eigenvalue weighted by atomic mass is 35.5. The highest BCUT2D eigenvalue weighted by Gasteiger charge is 2.32. The second kappa shape index (κ2) is 16.9. The number of nitrogens with one attached hydrogen (secondary N) is 1. The van der Waals surface area contributed by atoms with Crippen molar-refractivity contribution in [2.24, 2.45) is 7.05 Å². The third kappa shape index (κ3) is 9.76. The smallest absolute Gasteiger partial charge is 0.351 e. The van der Waals surface area contributed by atoms with Crippen molar-refractivity contribution in [2.75, 3.05) is 11.9 Å².